The van der Waals surface area contributed by atoms with Crippen molar-refractivity contribution in [1.29, 1.82) is 0 Å². The molecule has 0 radical (unpaired) electrons. The van der Waals surface area contributed by atoms with Crippen LogP contribution < -0.4 is 11.1 Å². The molecule has 1 atom stereocenters. The number of aryl methyl sites for hydroxylation is 1. The number of likely N-dealkylation sites (tertiary alicyclic amines) is 1. The highest BCUT2D eigenvalue weighted by atomic mass is 35.5. The molecule has 2 rings (SSSR count). The SMILES string of the molecule is Cc1nc(N)c(CCC2CCN(C(=O)[C@H](C)NC(=O)C(C)(C)O)CC2)c(Cl)n1. The molecule has 0 bridgehead atoms. The van der Waals surface area contributed by atoms with E-state index in [4.69, 9.17) is 17.3 Å². The van der Waals surface area contributed by atoms with Crippen LogP contribution >= 0.6 is 11.6 Å². The van der Waals surface area contributed by atoms with Crippen LogP contribution in [0.25, 0.3) is 0 Å². The van der Waals surface area contributed by atoms with Crippen molar-refractivity contribution in [2.45, 2.75) is 65.0 Å². The molecule has 0 aromatic carbocycles. The minimum Gasteiger partial charge on any atom is -0.383 e. The minimum atomic E-state index is -1.51. The monoisotopic (exact) mass is 411 g/mol. The Labute approximate surface area is 170 Å². The van der Waals surface area contributed by atoms with E-state index in [-0.39, 0.29) is 5.91 Å². The number of halogens is 1. The second-order valence-electron chi connectivity index (χ2n) is 7.99. The number of piperidine rings is 1. The number of anilines is 1. The molecule has 1 aromatic rings. The van der Waals surface area contributed by atoms with E-state index in [9.17, 15) is 14.7 Å². The lowest BCUT2D eigenvalue weighted by Gasteiger charge is -2.34. The van der Waals surface area contributed by atoms with Crippen LogP contribution in [0.3, 0.4) is 0 Å². The largest absolute Gasteiger partial charge is 0.383 e. The van der Waals surface area contributed by atoms with E-state index >= 15 is 0 Å². The van der Waals surface area contributed by atoms with Gasteiger partial charge in [-0.25, -0.2) is 9.97 Å². The van der Waals surface area contributed by atoms with Crippen molar-refractivity contribution in [1.82, 2.24) is 20.2 Å². The highest BCUT2D eigenvalue weighted by Gasteiger charge is 2.30. The maximum Gasteiger partial charge on any atom is 0.252 e. The first-order chi connectivity index (χ1) is 13.0. The van der Waals surface area contributed by atoms with Crippen LogP contribution in [-0.4, -0.2) is 56.5 Å². The summed E-state index contributed by atoms with van der Waals surface area (Å²) in [4.78, 5) is 34.5. The maximum absolute atomic E-state index is 12.5. The van der Waals surface area contributed by atoms with Gasteiger partial charge in [-0.3, -0.25) is 9.59 Å². The van der Waals surface area contributed by atoms with Crippen molar-refractivity contribution >= 4 is 29.2 Å². The fraction of sp³-hybridized carbons (Fsp3) is 0.684. The first-order valence-electron chi connectivity index (χ1n) is 9.59. The van der Waals surface area contributed by atoms with Crippen LogP contribution in [0, 0.1) is 12.8 Å². The molecule has 0 saturated carbocycles. The number of aromatic nitrogens is 2. The van der Waals surface area contributed by atoms with Crippen LogP contribution in [0.4, 0.5) is 5.82 Å². The van der Waals surface area contributed by atoms with Crippen LogP contribution in [0.15, 0.2) is 0 Å². The number of nitrogens with two attached hydrogens (primary N) is 1. The van der Waals surface area contributed by atoms with E-state index in [2.05, 4.69) is 15.3 Å². The van der Waals surface area contributed by atoms with Gasteiger partial charge in [-0.1, -0.05) is 11.6 Å². The molecule has 28 heavy (non-hydrogen) atoms. The van der Waals surface area contributed by atoms with Crippen LogP contribution in [0.1, 0.15) is 51.4 Å². The lowest BCUT2D eigenvalue weighted by atomic mass is 9.90. The Kier molecular flexibility index (Phi) is 7.22. The zero-order valence-electron chi connectivity index (χ0n) is 17.0. The molecule has 2 heterocycles. The van der Waals surface area contributed by atoms with Crippen molar-refractivity contribution in [3.63, 3.8) is 0 Å². The summed E-state index contributed by atoms with van der Waals surface area (Å²) in [7, 11) is 0. The maximum atomic E-state index is 12.5. The van der Waals surface area contributed by atoms with Gasteiger partial charge in [0, 0.05) is 18.7 Å². The van der Waals surface area contributed by atoms with Gasteiger partial charge in [0.2, 0.25) is 5.91 Å². The Hall–Kier alpha value is -1.93. The second-order valence-corrected chi connectivity index (χ2v) is 8.34. The van der Waals surface area contributed by atoms with E-state index in [1.54, 1.807) is 18.7 Å². The molecule has 4 N–H and O–H groups in total. The van der Waals surface area contributed by atoms with Crippen molar-refractivity contribution in [3.8, 4) is 0 Å². The number of nitrogen functional groups attached to an aromatic ring is 1. The van der Waals surface area contributed by atoms with Crippen molar-refractivity contribution in [2.75, 3.05) is 18.8 Å². The number of carbonyl (C=O) groups excluding carboxylic acids is 2. The summed E-state index contributed by atoms with van der Waals surface area (Å²) in [5.41, 5.74) is 5.24. The minimum absolute atomic E-state index is 0.129. The first kappa shape index (κ1) is 22.4. The van der Waals surface area contributed by atoms with Crippen molar-refractivity contribution in [2.24, 2.45) is 5.92 Å². The summed E-state index contributed by atoms with van der Waals surface area (Å²) < 4.78 is 0. The number of carbonyl (C=O) groups is 2. The van der Waals surface area contributed by atoms with Crippen LogP contribution in [-0.2, 0) is 16.0 Å². The Morgan fingerprint density at radius 3 is 2.50 bits per heavy atom. The smallest absolute Gasteiger partial charge is 0.252 e. The summed E-state index contributed by atoms with van der Waals surface area (Å²) in [6.45, 7) is 7.45. The van der Waals surface area contributed by atoms with Crippen molar-refractivity contribution in [3.05, 3.63) is 16.5 Å². The standard InChI is InChI=1S/C19H30ClN5O3/c1-11(22-18(27)19(3,4)28)17(26)25-9-7-13(8-10-25)5-6-14-15(20)23-12(2)24-16(14)21/h11,13,28H,5-10H2,1-4H3,(H,22,27)(H2,21,23,24)/t11-/m0/s1. The molecule has 1 aliphatic heterocycles. The molecule has 9 heteroatoms. The molecule has 8 nitrogen and oxygen atoms in total. The second kappa shape index (κ2) is 9.05. The van der Waals surface area contributed by atoms with Gasteiger partial charge in [-0.15, -0.1) is 0 Å². The van der Waals surface area contributed by atoms with Gasteiger partial charge < -0.3 is 21.1 Å². The Bertz CT molecular complexity index is 704. The average Bonchev–Trinajstić information content (AvgIpc) is 2.59. The van der Waals surface area contributed by atoms with Gasteiger partial charge in [-0.2, -0.15) is 0 Å². The normalized spacial score (nSPS) is 16.7. The average molecular weight is 412 g/mol. The Balaban J connectivity index is 1.82. The Morgan fingerprint density at radius 1 is 1.36 bits per heavy atom. The molecule has 2 amide bonds. The fourth-order valence-corrected chi connectivity index (χ4v) is 3.63. The zero-order chi connectivity index (χ0) is 21.1. The van der Waals surface area contributed by atoms with E-state index in [0.29, 0.717) is 42.2 Å². The molecule has 0 spiro atoms. The predicted molar refractivity (Wildman–Crippen MR) is 108 cm³/mol. The third-order valence-electron chi connectivity index (χ3n) is 5.10. The quantitative estimate of drug-likeness (QED) is 0.609. The number of aliphatic hydroxyl groups is 1. The van der Waals surface area contributed by atoms with Gasteiger partial charge in [0.1, 0.15) is 28.4 Å². The third-order valence-corrected chi connectivity index (χ3v) is 5.42. The highest BCUT2D eigenvalue weighted by Crippen LogP contribution is 2.26. The number of amides is 2. The van der Waals surface area contributed by atoms with Crippen LogP contribution in [0.2, 0.25) is 5.15 Å². The predicted octanol–water partition coefficient (Wildman–Crippen LogP) is 1.47. The molecule has 1 aromatic heterocycles. The summed E-state index contributed by atoms with van der Waals surface area (Å²) >= 11 is 6.19. The van der Waals surface area contributed by atoms with E-state index < -0.39 is 17.6 Å². The molecule has 156 valence electrons. The van der Waals surface area contributed by atoms with Gasteiger partial charge in [-0.05, 0) is 59.3 Å². The summed E-state index contributed by atoms with van der Waals surface area (Å²) in [6.07, 6.45) is 3.37. The molecule has 0 unspecified atom stereocenters. The van der Waals surface area contributed by atoms with E-state index in [1.807, 2.05) is 0 Å². The van der Waals surface area contributed by atoms with Gasteiger partial charge >= 0.3 is 0 Å². The third kappa shape index (κ3) is 5.78. The topological polar surface area (TPSA) is 121 Å². The zero-order valence-corrected chi connectivity index (χ0v) is 17.7. The number of hydrogen-bond acceptors (Lipinski definition) is 6. The summed E-state index contributed by atoms with van der Waals surface area (Å²) in [5.74, 6) is 0.765. The van der Waals surface area contributed by atoms with Gasteiger partial charge in [0.25, 0.3) is 5.91 Å². The van der Waals surface area contributed by atoms with E-state index in [1.165, 1.54) is 13.8 Å². The molecular weight excluding hydrogens is 382 g/mol. The molecule has 1 fully saturated rings. The van der Waals surface area contributed by atoms with Crippen LogP contribution in [0.5, 0.6) is 0 Å². The lowest BCUT2D eigenvalue weighted by Crippen LogP contribution is -2.53. The lowest BCUT2D eigenvalue weighted by molar-refractivity contribution is -0.142. The molecule has 1 saturated heterocycles. The number of rotatable bonds is 6. The summed E-state index contributed by atoms with van der Waals surface area (Å²) in [6, 6.07) is -0.668. The molecule has 1 aliphatic rings. The number of nitrogens with one attached hydrogen (secondary N) is 1. The first-order valence-corrected chi connectivity index (χ1v) is 9.97. The van der Waals surface area contributed by atoms with Crippen molar-refractivity contribution < 1.29 is 14.7 Å². The fourth-order valence-electron chi connectivity index (χ4n) is 3.31. The highest BCUT2D eigenvalue weighted by molar-refractivity contribution is 6.30. The molecule has 0 aliphatic carbocycles. The Morgan fingerprint density at radius 2 is 1.96 bits per heavy atom. The summed E-state index contributed by atoms with van der Waals surface area (Å²) in [5, 5.41) is 12.7. The number of nitrogens with zero attached hydrogens (tertiary/aromatic N) is 3. The number of hydrogen-bond donors (Lipinski definition) is 3. The van der Waals surface area contributed by atoms with Gasteiger partial charge in [0.15, 0.2) is 0 Å². The molecular formula is C19H30ClN5O3. The van der Waals surface area contributed by atoms with E-state index in [0.717, 1.165) is 24.8 Å². The van der Waals surface area contributed by atoms with Gasteiger partial charge in [0.05, 0.1) is 0 Å².